The molecule has 0 aliphatic heterocycles. The molecule has 1 aromatic carbocycles. The van der Waals surface area contributed by atoms with E-state index in [9.17, 15) is 5.26 Å². The van der Waals surface area contributed by atoms with Crippen molar-refractivity contribution in [2.45, 2.75) is 0 Å². The smallest absolute Gasteiger partial charge is 0.101 e. The summed E-state index contributed by atoms with van der Waals surface area (Å²) in [5.74, 6) is 0. The molecular formula is C15H13N3S. The number of anilines is 2. The Morgan fingerprint density at radius 3 is 2.74 bits per heavy atom. The number of nitrogens with one attached hydrogen (secondary N) is 1. The van der Waals surface area contributed by atoms with Crippen LogP contribution in [0.3, 0.4) is 0 Å². The van der Waals surface area contributed by atoms with Crippen LogP contribution >= 0.6 is 11.3 Å². The molecule has 3 N–H and O–H groups in total. The summed E-state index contributed by atoms with van der Waals surface area (Å²) in [4.78, 5) is 1.01. The van der Waals surface area contributed by atoms with Gasteiger partial charge in [-0.05, 0) is 29.7 Å². The van der Waals surface area contributed by atoms with E-state index in [2.05, 4.69) is 18.0 Å². The molecule has 0 atom stereocenters. The van der Waals surface area contributed by atoms with E-state index in [0.29, 0.717) is 17.0 Å². The lowest BCUT2D eigenvalue weighted by atomic mass is 10.2. The number of thiophene rings is 1. The van der Waals surface area contributed by atoms with Crippen molar-refractivity contribution in [2.24, 2.45) is 0 Å². The molecule has 1 aromatic heterocycles. The topological polar surface area (TPSA) is 61.8 Å². The molecule has 0 aliphatic carbocycles. The number of benzene rings is 1. The predicted molar refractivity (Wildman–Crippen MR) is 81.5 cm³/mol. The number of nitriles is 1. The van der Waals surface area contributed by atoms with Gasteiger partial charge < -0.3 is 11.1 Å². The number of hydrogen-bond acceptors (Lipinski definition) is 4. The fraction of sp³-hybridized carbons (Fsp3) is 0. The molecule has 0 amide bonds. The van der Waals surface area contributed by atoms with Crippen molar-refractivity contribution in [1.29, 1.82) is 5.26 Å². The van der Waals surface area contributed by atoms with E-state index in [4.69, 9.17) is 5.73 Å². The molecule has 4 heteroatoms. The van der Waals surface area contributed by atoms with E-state index in [-0.39, 0.29) is 0 Å². The summed E-state index contributed by atoms with van der Waals surface area (Å²) in [6, 6.07) is 13.4. The first-order chi connectivity index (χ1) is 9.20. The summed E-state index contributed by atoms with van der Waals surface area (Å²) >= 11 is 1.57. The fourth-order valence-corrected chi connectivity index (χ4v) is 2.20. The Morgan fingerprint density at radius 1 is 1.32 bits per heavy atom. The molecule has 3 nitrogen and oxygen atoms in total. The van der Waals surface area contributed by atoms with Gasteiger partial charge in [0.2, 0.25) is 0 Å². The lowest BCUT2D eigenvalue weighted by Gasteiger charge is -2.10. The quantitative estimate of drug-likeness (QED) is 0.502. The molecule has 0 aliphatic rings. The van der Waals surface area contributed by atoms with Crippen molar-refractivity contribution >= 4 is 28.8 Å². The van der Waals surface area contributed by atoms with Gasteiger partial charge in [-0.25, -0.2) is 0 Å². The molecule has 0 spiro atoms. The normalized spacial score (nSPS) is 10.8. The highest BCUT2D eigenvalue weighted by atomic mass is 32.1. The van der Waals surface area contributed by atoms with E-state index in [0.717, 1.165) is 10.6 Å². The molecule has 0 fully saturated rings. The van der Waals surface area contributed by atoms with Gasteiger partial charge in [0.15, 0.2) is 0 Å². The zero-order valence-corrected chi connectivity index (χ0v) is 11.1. The van der Waals surface area contributed by atoms with Gasteiger partial charge in [-0.3, -0.25) is 0 Å². The third-order valence-corrected chi connectivity index (χ3v) is 3.34. The van der Waals surface area contributed by atoms with Crippen LogP contribution in [0.4, 0.5) is 11.4 Å². The summed E-state index contributed by atoms with van der Waals surface area (Å²) in [5.41, 5.74) is 8.24. The van der Waals surface area contributed by atoms with E-state index < -0.39 is 0 Å². The fourth-order valence-electron chi connectivity index (χ4n) is 1.54. The molecule has 94 valence electrons. The standard InChI is InChI=1S/C15H13N3S/c1-11(18-15-7-3-2-6-14(15)17)12(10-16)9-13-5-4-8-19-13/h2-9,18H,1,17H2. The van der Waals surface area contributed by atoms with Crippen molar-refractivity contribution in [3.8, 4) is 6.07 Å². The van der Waals surface area contributed by atoms with Gasteiger partial charge >= 0.3 is 0 Å². The molecule has 19 heavy (non-hydrogen) atoms. The summed E-state index contributed by atoms with van der Waals surface area (Å²) in [5, 5.41) is 14.2. The van der Waals surface area contributed by atoms with Gasteiger partial charge in [-0.2, -0.15) is 5.26 Å². The SMILES string of the molecule is C=C(Nc1ccccc1N)C(C#N)=Cc1cccs1. The molecule has 0 saturated carbocycles. The number of nitrogen functional groups attached to an aromatic ring is 1. The van der Waals surface area contributed by atoms with Crippen molar-refractivity contribution in [2.75, 3.05) is 11.1 Å². The Hall–Kier alpha value is -2.51. The zero-order valence-electron chi connectivity index (χ0n) is 10.3. The third kappa shape index (κ3) is 3.24. The van der Waals surface area contributed by atoms with Gasteiger partial charge in [0.25, 0.3) is 0 Å². The third-order valence-electron chi connectivity index (χ3n) is 2.52. The van der Waals surface area contributed by atoms with E-state index in [1.54, 1.807) is 23.5 Å². The van der Waals surface area contributed by atoms with Crippen LogP contribution in [-0.4, -0.2) is 0 Å². The number of rotatable bonds is 4. The van der Waals surface area contributed by atoms with E-state index in [1.165, 1.54) is 0 Å². The van der Waals surface area contributed by atoms with Crippen LogP contribution < -0.4 is 11.1 Å². The second-order valence-electron chi connectivity index (χ2n) is 3.88. The number of nitrogens with two attached hydrogens (primary N) is 1. The Balaban J connectivity index is 2.19. The highest BCUT2D eigenvalue weighted by Gasteiger charge is 2.05. The van der Waals surface area contributed by atoms with Crippen LogP contribution in [0.25, 0.3) is 6.08 Å². The number of para-hydroxylation sites is 2. The Morgan fingerprint density at radius 2 is 2.11 bits per heavy atom. The largest absolute Gasteiger partial charge is 0.397 e. The van der Waals surface area contributed by atoms with Crippen molar-refractivity contribution in [1.82, 2.24) is 0 Å². The molecular weight excluding hydrogens is 254 g/mol. The van der Waals surface area contributed by atoms with Crippen LogP contribution in [0.15, 0.2) is 59.6 Å². The van der Waals surface area contributed by atoms with Gasteiger partial charge in [-0.15, -0.1) is 11.3 Å². The van der Waals surface area contributed by atoms with Crippen LogP contribution in [0.2, 0.25) is 0 Å². The molecule has 0 unspecified atom stereocenters. The molecule has 0 radical (unpaired) electrons. The van der Waals surface area contributed by atoms with Crippen molar-refractivity contribution < 1.29 is 0 Å². The Bertz CT molecular complexity index is 648. The predicted octanol–water partition coefficient (Wildman–Crippen LogP) is 3.86. The second kappa shape index (κ2) is 5.89. The average molecular weight is 267 g/mol. The van der Waals surface area contributed by atoms with Crippen LogP contribution in [0.1, 0.15) is 4.88 Å². The monoisotopic (exact) mass is 267 g/mol. The molecule has 0 saturated heterocycles. The minimum atomic E-state index is 0.491. The molecule has 1 heterocycles. The molecule has 2 rings (SSSR count). The average Bonchev–Trinajstić information content (AvgIpc) is 2.91. The Kier molecular flexibility index (Phi) is 4.01. The minimum absolute atomic E-state index is 0.491. The van der Waals surface area contributed by atoms with E-state index in [1.807, 2.05) is 35.7 Å². The molecule has 2 aromatic rings. The summed E-state index contributed by atoms with van der Waals surface area (Å²) in [6.07, 6.45) is 1.80. The lowest BCUT2D eigenvalue weighted by Crippen LogP contribution is -2.02. The summed E-state index contributed by atoms with van der Waals surface area (Å²) < 4.78 is 0. The van der Waals surface area contributed by atoms with E-state index >= 15 is 0 Å². The second-order valence-corrected chi connectivity index (χ2v) is 4.86. The Labute approximate surface area is 116 Å². The highest BCUT2D eigenvalue weighted by molar-refractivity contribution is 7.10. The van der Waals surface area contributed by atoms with Gasteiger partial charge in [0.1, 0.15) is 6.07 Å². The lowest BCUT2D eigenvalue weighted by molar-refractivity contribution is 1.42. The summed E-state index contributed by atoms with van der Waals surface area (Å²) in [7, 11) is 0. The number of allylic oxidation sites excluding steroid dienone is 1. The molecule has 0 bridgehead atoms. The van der Waals surface area contributed by atoms with Crippen molar-refractivity contribution in [3.63, 3.8) is 0 Å². The zero-order chi connectivity index (χ0) is 13.7. The highest BCUT2D eigenvalue weighted by Crippen LogP contribution is 2.22. The first-order valence-electron chi connectivity index (χ1n) is 5.67. The number of nitrogens with zero attached hydrogens (tertiary/aromatic N) is 1. The van der Waals surface area contributed by atoms with Crippen LogP contribution in [-0.2, 0) is 0 Å². The van der Waals surface area contributed by atoms with Crippen molar-refractivity contribution in [3.05, 3.63) is 64.5 Å². The van der Waals surface area contributed by atoms with Crippen LogP contribution in [0, 0.1) is 11.3 Å². The maximum atomic E-state index is 9.20. The van der Waals surface area contributed by atoms with Crippen LogP contribution in [0.5, 0.6) is 0 Å². The first-order valence-corrected chi connectivity index (χ1v) is 6.55. The maximum Gasteiger partial charge on any atom is 0.101 e. The number of hydrogen-bond donors (Lipinski definition) is 2. The first kappa shape index (κ1) is 12.9. The van der Waals surface area contributed by atoms with Gasteiger partial charge in [0, 0.05) is 10.6 Å². The van der Waals surface area contributed by atoms with Gasteiger partial charge in [-0.1, -0.05) is 24.8 Å². The maximum absolute atomic E-state index is 9.20. The summed E-state index contributed by atoms with van der Waals surface area (Å²) in [6.45, 7) is 3.89. The minimum Gasteiger partial charge on any atom is -0.397 e. The van der Waals surface area contributed by atoms with Gasteiger partial charge in [0.05, 0.1) is 16.9 Å².